The van der Waals surface area contributed by atoms with Crippen LogP contribution < -0.4 is 0 Å². The molecule has 3 heterocycles. The van der Waals surface area contributed by atoms with Crippen LogP contribution in [0.5, 0.6) is 0 Å². The molecule has 6 unspecified atom stereocenters. The quantitative estimate of drug-likeness (QED) is 0.461. The second-order valence-corrected chi connectivity index (χ2v) is 7.62. The number of fused-ring (bicyclic) bond motifs is 3. The molecule has 142 valence electrons. The predicted molar refractivity (Wildman–Crippen MR) is 94.1 cm³/mol. The SMILES string of the molecule is C=C1C(=O)OC2/C=C(/C)C3CC(O)C(C)(CC(OC(=O)/C(C)=C/C)C12)O3. The molecule has 3 aliphatic heterocycles. The molecule has 6 nitrogen and oxygen atoms in total. The normalized spacial score (nSPS) is 42.1. The standard InChI is InChI=1S/C20H26O6/c1-6-10(2)18(22)25-15-9-20(5)16(21)8-13(26-20)11(3)7-14-17(15)12(4)19(23)24-14/h6-7,13-17,21H,4,8-9H2,1-3,5H3/b10-6+,11-7-. The number of ether oxygens (including phenoxy) is 3. The highest BCUT2D eigenvalue weighted by Crippen LogP contribution is 2.44. The van der Waals surface area contributed by atoms with Gasteiger partial charge in [-0.1, -0.05) is 12.7 Å². The van der Waals surface area contributed by atoms with E-state index >= 15 is 0 Å². The first-order chi connectivity index (χ1) is 12.2. The van der Waals surface area contributed by atoms with Gasteiger partial charge in [0.25, 0.3) is 0 Å². The van der Waals surface area contributed by atoms with Gasteiger partial charge in [0.1, 0.15) is 12.2 Å². The molecule has 3 aliphatic rings. The summed E-state index contributed by atoms with van der Waals surface area (Å²) in [7, 11) is 0. The minimum absolute atomic E-state index is 0.255. The van der Waals surface area contributed by atoms with Crippen molar-refractivity contribution in [3.8, 4) is 0 Å². The van der Waals surface area contributed by atoms with Crippen LogP contribution in [0, 0.1) is 5.92 Å². The summed E-state index contributed by atoms with van der Waals surface area (Å²) in [6.07, 6.45) is 2.02. The Hall–Kier alpha value is -1.92. The first-order valence-electron chi connectivity index (χ1n) is 8.94. The van der Waals surface area contributed by atoms with Crippen LogP contribution in [-0.2, 0) is 23.8 Å². The molecule has 1 N–H and O–H groups in total. The topological polar surface area (TPSA) is 82.1 Å². The van der Waals surface area contributed by atoms with Gasteiger partial charge >= 0.3 is 11.9 Å². The third kappa shape index (κ3) is 3.12. The largest absolute Gasteiger partial charge is 0.458 e. The van der Waals surface area contributed by atoms with Crippen LogP contribution in [0.15, 0.2) is 35.5 Å². The summed E-state index contributed by atoms with van der Waals surface area (Å²) in [5.41, 5.74) is 0.766. The maximum Gasteiger partial charge on any atom is 0.334 e. The fourth-order valence-corrected chi connectivity index (χ4v) is 3.90. The van der Waals surface area contributed by atoms with Crippen LogP contribution in [0.4, 0.5) is 0 Å². The first kappa shape index (κ1) is 18.9. The van der Waals surface area contributed by atoms with Gasteiger partial charge in [-0.3, -0.25) is 0 Å². The van der Waals surface area contributed by atoms with Crippen molar-refractivity contribution in [1.82, 2.24) is 0 Å². The highest BCUT2D eigenvalue weighted by Gasteiger charge is 2.53. The van der Waals surface area contributed by atoms with Gasteiger partial charge < -0.3 is 19.3 Å². The molecule has 2 saturated heterocycles. The van der Waals surface area contributed by atoms with Crippen LogP contribution >= 0.6 is 0 Å². The number of hydrogen-bond acceptors (Lipinski definition) is 6. The molecule has 2 fully saturated rings. The molecule has 0 amide bonds. The van der Waals surface area contributed by atoms with E-state index in [-0.39, 0.29) is 18.1 Å². The maximum atomic E-state index is 12.4. The Bertz CT molecular complexity index is 705. The van der Waals surface area contributed by atoms with Crippen molar-refractivity contribution in [1.29, 1.82) is 0 Å². The van der Waals surface area contributed by atoms with Crippen molar-refractivity contribution in [2.45, 2.75) is 70.6 Å². The Morgan fingerprint density at radius 2 is 2.19 bits per heavy atom. The van der Waals surface area contributed by atoms with Gasteiger partial charge in [0.05, 0.1) is 23.7 Å². The van der Waals surface area contributed by atoms with E-state index in [1.165, 1.54) is 0 Å². The number of allylic oxidation sites excluding steroid dienone is 1. The van der Waals surface area contributed by atoms with Crippen LogP contribution in [0.2, 0.25) is 0 Å². The van der Waals surface area contributed by atoms with E-state index in [1.807, 2.05) is 19.9 Å². The molecule has 6 heteroatoms. The summed E-state index contributed by atoms with van der Waals surface area (Å²) in [6.45, 7) is 11.0. The third-order valence-corrected chi connectivity index (χ3v) is 5.77. The molecule has 26 heavy (non-hydrogen) atoms. The van der Waals surface area contributed by atoms with E-state index in [0.29, 0.717) is 12.0 Å². The lowest BCUT2D eigenvalue weighted by atomic mass is 9.81. The third-order valence-electron chi connectivity index (χ3n) is 5.77. The smallest absolute Gasteiger partial charge is 0.334 e. The monoisotopic (exact) mass is 362 g/mol. The lowest BCUT2D eigenvalue weighted by Gasteiger charge is -2.34. The molecular formula is C20H26O6. The molecule has 0 saturated carbocycles. The zero-order chi connectivity index (χ0) is 19.2. The Balaban J connectivity index is 2.02. The first-order valence-corrected chi connectivity index (χ1v) is 8.94. The zero-order valence-electron chi connectivity index (χ0n) is 15.7. The summed E-state index contributed by atoms with van der Waals surface area (Å²) < 4.78 is 17.3. The van der Waals surface area contributed by atoms with Gasteiger partial charge in [0.15, 0.2) is 0 Å². The van der Waals surface area contributed by atoms with Crippen LogP contribution in [0.25, 0.3) is 0 Å². The van der Waals surface area contributed by atoms with Crippen LogP contribution in [-0.4, -0.2) is 47.1 Å². The van der Waals surface area contributed by atoms with Gasteiger partial charge in [-0.15, -0.1) is 0 Å². The number of aliphatic hydroxyl groups excluding tert-OH is 1. The van der Waals surface area contributed by atoms with Crippen LogP contribution in [0.1, 0.15) is 40.5 Å². The Labute approximate surface area is 153 Å². The second kappa shape index (κ2) is 6.67. The van der Waals surface area contributed by atoms with E-state index in [0.717, 1.165) is 5.57 Å². The molecule has 0 aromatic carbocycles. The predicted octanol–water partition coefficient (Wildman–Crippen LogP) is 2.22. The number of carbonyl (C=O) groups excluding carboxylic acids is 2. The Morgan fingerprint density at radius 1 is 1.50 bits per heavy atom. The van der Waals surface area contributed by atoms with E-state index in [9.17, 15) is 14.7 Å². The van der Waals surface area contributed by atoms with Gasteiger partial charge in [-0.2, -0.15) is 0 Å². The van der Waals surface area contributed by atoms with E-state index in [4.69, 9.17) is 14.2 Å². The number of hydrogen-bond donors (Lipinski definition) is 1. The van der Waals surface area contributed by atoms with Gasteiger partial charge in [0, 0.05) is 24.0 Å². The van der Waals surface area contributed by atoms with E-state index < -0.39 is 41.8 Å². The average Bonchev–Trinajstić information content (AvgIpc) is 3.03. The Morgan fingerprint density at radius 3 is 2.85 bits per heavy atom. The maximum absolute atomic E-state index is 12.4. The molecule has 2 bridgehead atoms. The van der Waals surface area contributed by atoms with Crippen molar-refractivity contribution in [3.63, 3.8) is 0 Å². The van der Waals surface area contributed by atoms with Crippen molar-refractivity contribution < 1.29 is 28.9 Å². The molecule has 0 aromatic rings. The highest BCUT2D eigenvalue weighted by atomic mass is 16.6. The average molecular weight is 362 g/mol. The lowest BCUT2D eigenvalue weighted by Crippen LogP contribution is -2.44. The fraction of sp³-hybridized carbons (Fsp3) is 0.600. The molecule has 0 aromatic heterocycles. The summed E-state index contributed by atoms with van der Waals surface area (Å²) >= 11 is 0. The number of carbonyl (C=O) groups is 2. The molecule has 0 spiro atoms. The molecule has 0 radical (unpaired) electrons. The lowest BCUT2D eigenvalue weighted by molar-refractivity contribution is -0.154. The second-order valence-electron chi connectivity index (χ2n) is 7.62. The molecule has 0 aliphatic carbocycles. The number of aliphatic hydroxyl groups is 1. The summed E-state index contributed by atoms with van der Waals surface area (Å²) in [5.74, 6) is -1.44. The fourth-order valence-electron chi connectivity index (χ4n) is 3.90. The van der Waals surface area contributed by atoms with Crippen molar-refractivity contribution in [3.05, 3.63) is 35.5 Å². The van der Waals surface area contributed by atoms with Crippen molar-refractivity contribution in [2.75, 3.05) is 0 Å². The minimum Gasteiger partial charge on any atom is -0.458 e. The van der Waals surface area contributed by atoms with Crippen molar-refractivity contribution >= 4 is 11.9 Å². The van der Waals surface area contributed by atoms with E-state index in [2.05, 4.69) is 6.58 Å². The van der Waals surface area contributed by atoms with E-state index in [1.54, 1.807) is 19.9 Å². The molecule has 3 rings (SSSR count). The summed E-state index contributed by atoms with van der Waals surface area (Å²) in [6, 6.07) is 0. The van der Waals surface area contributed by atoms with Gasteiger partial charge in [-0.05, 0) is 39.3 Å². The Kier molecular flexibility index (Phi) is 4.84. The molecular weight excluding hydrogens is 336 g/mol. The number of rotatable bonds is 2. The number of esters is 2. The zero-order valence-corrected chi connectivity index (χ0v) is 15.7. The van der Waals surface area contributed by atoms with Gasteiger partial charge in [-0.25, -0.2) is 9.59 Å². The van der Waals surface area contributed by atoms with Crippen molar-refractivity contribution in [2.24, 2.45) is 5.92 Å². The van der Waals surface area contributed by atoms with Gasteiger partial charge in [0.2, 0.25) is 0 Å². The highest BCUT2D eigenvalue weighted by molar-refractivity contribution is 5.92. The summed E-state index contributed by atoms with van der Waals surface area (Å²) in [5, 5.41) is 10.6. The minimum atomic E-state index is -0.880. The summed E-state index contributed by atoms with van der Waals surface area (Å²) in [4.78, 5) is 24.5. The molecule has 6 atom stereocenters. The van der Waals surface area contributed by atoms with Crippen LogP contribution in [0.3, 0.4) is 0 Å².